The number of carbonyl (C=O) groups is 1. The number of hydrogen-bond donors (Lipinski definition) is 0. The Labute approximate surface area is 124 Å². The van der Waals surface area contributed by atoms with E-state index in [-0.39, 0.29) is 5.54 Å². The van der Waals surface area contributed by atoms with Gasteiger partial charge < -0.3 is 0 Å². The summed E-state index contributed by atoms with van der Waals surface area (Å²) in [6.45, 7) is 14.5. The summed E-state index contributed by atoms with van der Waals surface area (Å²) in [6, 6.07) is 6.41. The number of benzene rings is 1. The van der Waals surface area contributed by atoms with Gasteiger partial charge in [-0.15, -0.1) is 0 Å². The van der Waals surface area contributed by atoms with Gasteiger partial charge in [-0.05, 0) is 45.8 Å². The number of likely N-dealkylation sites (N-methyl/N-ethyl adjacent to an activating group) is 1. The Morgan fingerprint density at radius 2 is 1.55 bits per heavy atom. The number of hydrogen-bond acceptors (Lipinski definition) is 2. The molecule has 0 aromatic heterocycles. The number of nitrogens with zero attached hydrogens (tertiary/aromatic N) is 1. The summed E-state index contributed by atoms with van der Waals surface area (Å²) in [5.74, 6) is 0.328. The minimum atomic E-state index is -0.346. The van der Waals surface area contributed by atoms with Crippen LogP contribution in [0.4, 0.5) is 0 Å². The fourth-order valence-electron chi connectivity index (χ4n) is 3.07. The molecule has 0 N–H and O–H groups in total. The number of rotatable bonds is 7. The molecule has 1 rings (SSSR count). The molecule has 20 heavy (non-hydrogen) atoms. The Bertz CT molecular complexity index is 442. The fourth-order valence-corrected chi connectivity index (χ4v) is 3.07. The third kappa shape index (κ3) is 3.69. The molecule has 1 aromatic rings. The smallest absolute Gasteiger partial charge is 0.157 e. The first-order chi connectivity index (χ1) is 9.37. The fraction of sp³-hybridized carbons (Fsp3) is 0.611. The van der Waals surface area contributed by atoms with Gasteiger partial charge in [-0.3, -0.25) is 9.69 Å². The molecular weight excluding hydrogens is 246 g/mol. The molecule has 0 radical (unpaired) electrons. The van der Waals surface area contributed by atoms with Crippen LogP contribution in [0, 0.1) is 13.8 Å². The number of aryl methyl sites for hydroxylation is 2. The number of carbonyl (C=O) groups excluding carboxylic acids is 1. The molecule has 1 aromatic carbocycles. The minimum Gasteiger partial charge on any atom is -0.297 e. The highest BCUT2D eigenvalue weighted by atomic mass is 16.1. The Balaban J connectivity index is 2.97. The molecule has 1 unspecified atom stereocenters. The van der Waals surface area contributed by atoms with Crippen LogP contribution in [-0.4, -0.2) is 29.3 Å². The maximum absolute atomic E-state index is 12.8. The van der Waals surface area contributed by atoms with Crippen molar-refractivity contribution in [3.8, 4) is 0 Å². The quantitative estimate of drug-likeness (QED) is 0.751. The predicted octanol–water partition coefficient (Wildman–Crippen LogP) is 3.93. The lowest BCUT2D eigenvalue weighted by atomic mass is 9.86. The highest BCUT2D eigenvalue weighted by Gasteiger charge is 2.35. The predicted molar refractivity (Wildman–Crippen MR) is 86.2 cm³/mol. The molecule has 0 aliphatic carbocycles. The van der Waals surface area contributed by atoms with Gasteiger partial charge in [0.25, 0.3) is 0 Å². The van der Waals surface area contributed by atoms with E-state index in [2.05, 4.69) is 64.6 Å². The molecule has 0 saturated heterocycles. The molecule has 0 aliphatic rings. The van der Waals surface area contributed by atoms with E-state index in [4.69, 9.17) is 0 Å². The van der Waals surface area contributed by atoms with Gasteiger partial charge >= 0.3 is 0 Å². The highest BCUT2D eigenvalue weighted by Crippen LogP contribution is 2.23. The molecule has 0 heterocycles. The van der Waals surface area contributed by atoms with Crippen LogP contribution in [0.3, 0.4) is 0 Å². The van der Waals surface area contributed by atoms with Gasteiger partial charge in [-0.25, -0.2) is 0 Å². The molecule has 0 aliphatic heterocycles. The van der Waals surface area contributed by atoms with Gasteiger partial charge in [0.05, 0.1) is 5.54 Å². The number of Topliss-reactive ketones (excluding diaryl/α,β-unsaturated/α-hetero) is 1. The van der Waals surface area contributed by atoms with Crippen molar-refractivity contribution >= 4 is 5.78 Å². The summed E-state index contributed by atoms with van der Waals surface area (Å²) in [7, 11) is 0. The van der Waals surface area contributed by atoms with Crippen LogP contribution in [0.5, 0.6) is 0 Å². The summed E-state index contributed by atoms with van der Waals surface area (Å²) in [5.41, 5.74) is 3.25. The number of ketones is 1. The monoisotopic (exact) mass is 275 g/mol. The van der Waals surface area contributed by atoms with Crippen LogP contribution in [0.25, 0.3) is 0 Å². The van der Waals surface area contributed by atoms with Crippen molar-refractivity contribution in [2.75, 3.05) is 13.1 Å². The van der Waals surface area contributed by atoms with E-state index in [0.717, 1.165) is 25.1 Å². The summed E-state index contributed by atoms with van der Waals surface area (Å²) in [6.07, 6.45) is 1.39. The molecule has 0 spiro atoms. The van der Waals surface area contributed by atoms with Gasteiger partial charge in [0.1, 0.15) is 0 Å². The van der Waals surface area contributed by atoms with E-state index in [9.17, 15) is 4.79 Å². The highest BCUT2D eigenvalue weighted by molar-refractivity contribution is 5.89. The van der Waals surface area contributed by atoms with Gasteiger partial charge in [-0.2, -0.15) is 0 Å². The molecule has 2 heteroatoms. The van der Waals surface area contributed by atoms with Crippen LogP contribution in [0.15, 0.2) is 18.2 Å². The molecule has 0 amide bonds. The minimum absolute atomic E-state index is 0.328. The zero-order chi connectivity index (χ0) is 15.3. The average molecular weight is 275 g/mol. The first-order valence-corrected chi connectivity index (χ1v) is 7.72. The molecule has 1 atom stereocenters. The third-order valence-corrected chi connectivity index (χ3v) is 4.40. The van der Waals surface area contributed by atoms with Crippen molar-refractivity contribution < 1.29 is 4.79 Å². The van der Waals surface area contributed by atoms with Crippen molar-refractivity contribution in [2.45, 2.75) is 59.9 Å². The molecule has 2 nitrogen and oxygen atoms in total. The van der Waals surface area contributed by atoms with Crippen LogP contribution in [-0.2, 0) is 11.2 Å². The van der Waals surface area contributed by atoms with Crippen molar-refractivity contribution in [2.24, 2.45) is 0 Å². The molecule has 0 bridgehead atoms. The summed E-state index contributed by atoms with van der Waals surface area (Å²) in [4.78, 5) is 15.1. The largest absolute Gasteiger partial charge is 0.297 e. The van der Waals surface area contributed by atoms with Crippen molar-refractivity contribution in [1.29, 1.82) is 0 Å². The Morgan fingerprint density at radius 1 is 1.05 bits per heavy atom. The second kappa shape index (κ2) is 7.03. The zero-order valence-corrected chi connectivity index (χ0v) is 13.9. The van der Waals surface area contributed by atoms with Crippen molar-refractivity contribution in [3.05, 3.63) is 34.9 Å². The SMILES string of the molecule is CCN(CC)C(C)(CC)C(=O)Cc1cc(C)cc(C)c1. The Morgan fingerprint density at radius 3 is 1.95 bits per heavy atom. The van der Waals surface area contributed by atoms with Gasteiger partial charge in [-0.1, -0.05) is 50.1 Å². The van der Waals surface area contributed by atoms with Gasteiger partial charge in [0, 0.05) is 6.42 Å². The van der Waals surface area contributed by atoms with Crippen LogP contribution in [0.2, 0.25) is 0 Å². The summed E-state index contributed by atoms with van der Waals surface area (Å²) in [5, 5.41) is 0. The van der Waals surface area contributed by atoms with Gasteiger partial charge in [0.2, 0.25) is 0 Å². The van der Waals surface area contributed by atoms with E-state index in [1.54, 1.807) is 0 Å². The summed E-state index contributed by atoms with van der Waals surface area (Å²) < 4.78 is 0. The molecule has 0 saturated carbocycles. The van der Waals surface area contributed by atoms with Crippen LogP contribution >= 0.6 is 0 Å². The van der Waals surface area contributed by atoms with Crippen molar-refractivity contribution in [1.82, 2.24) is 4.90 Å². The Kier molecular flexibility index (Phi) is 5.94. The van der Waals surface area contributed by atoms with E-state index >= 15 is 0 Å². The molecular formula is C18H29NO. The van der Waals surface area contributed by atoms with Crippen LogP contribution in [0.1, 0.15) is 50.8 Å². The lowest BCUT2D eigenvalue weighted by molar-refractivity contribution is -0.129. The van der Waals surface area contributed by atoms with Crippen molar-refractivity contribution in [3.63, 3.8) is 0 Å². The summed E-state index contributed by atoms with van der Waals surface area (Å²) >= 11 is 0. The Hall–Kier alpha value is -1.15. The second-order valence-electron chi connectivity index (χ2n) is 5.90. The maximum Gasteiger partial charge on any atom is 0.157 e. The molecule has 112 valence electrons. The van der Waals surface area contributed by atoms with Gasteiger partial charge in [0.15, 0.2) is 5.78 Å². The third-order valence-electron chi connectivity index (χ3n) is 4.40. The standard InChI is InChI=1S/C18H29NO/c1-7-18(6,19(8-2)9-3)17(20)13-16-11-14(4)10-15(5)12-16/h10-12H,7-9,13H2,1-6H3. The lowest BCUT2D eigenvalue weighted by Crippen LogP contribution is -2.52. The van der Waals surface area contributed by atoms with E-state index < -0.39 is 0 Å². The second-order valence-corrected chi connectivity index (χ2v) is 5.90. The first kappa shape index (κ1) is 16.9. The average Bonchev–Trinajstić information content (AvgIpc) is 2.38. The lowest BCUT2D eigenvalue weighted by Gasteiger charge is -2.38. The maximum atomic E-state index is 12.8. The molecule has 0 fully saturated rings. The zero-order valence-electron chi connectivity index (χ0n) is 13.9. The van der Waals surface area contributed by atoms with E-state index in [0.29, 0.717) is 12.2 Å². The van der Waals surface area contributed by atoms with E-state index in [1.807, 2.05) is 0 Å². The first-order valence-electron chi connectivity index (χ1n) is 7.72. The van der Waals surface area contributed by atoms with E-state index in [1.165, 1.54) is 11.1 Å². The van der Waals surface area contributed by atoms with Crippen LogP contribution < -0.4 is 0 Å². The topological polar surface area (TPSA) is 20.3 Å². The normalized spacial score (nSPS) is 14.3.